The summed E-state index contributed by atoms with van der Waals surface area (Å²) in [6, 6.07) is 29.9. The summed E-state index contributed by atoms with van der Waals surface area (Å²) in [7, 11) is 8.09. The molecule has 0 aliphatic rings. The Bertz CT molecular complexity index is 1410. The first-order valence-electron chi connectivity index (χ1n) is 12.3. The monoisotopic (exact) mass is 491 g/mol. The predicted molar refractivity (Wildman–Crippen MR) is 152 cm³/mol. The number of halogens is 1. The zero-order chi connectivity index (χ0) is 26.4. The number of pyridine rings is 1. The van der Waals surface area contributed by atoms with Gasteiger partial charge in [-0.2, -0.15) is 9.83 Å². The second kappa shape index (κ2) is 11.5. The van der Waals surface area contributed by atoms with Crippen molar-refractivity contribution in [2.24, 2.45) is 7.05 Å². The van der Waals surface area contributed by atoms with E-state index < -0.39 is 0 Å². The van der Waals surface area contributed by atoms with E-state index in [2.05, 4.69) is 93.3 Å². The van der Waals surface area contributed by atoms with Crippen LogP contribution >= 0.6 is 0 Å². The van der Waals surface area contributed by atoms with Gasteiger partial charge in [-0.05, 0) is 71.3 Å². The summed E-state index contributed by atoms with van der Waals surface area (Å²) in [6.07, 6.45) is 4.72. The van der Waals surface area contributed by atoms with Gasteiger partial charge in [-0.3, -0.25) is 0 Å². The van der Waals surface area contributed by atoms with Gasteiger partial charge >= 0.3 is 0 Å². The second-order valence-electron chi connectivity index (χ2n) is 9.32. The van der Waals surface area contributed by atoms with Crippen LogP contribution in [0.5, 0.6) is 0 Å². The van der Waals surface area contributed by atoms with Crippen molar-refractivity contribution in [3.05, 3.63) is 102 Å². The molecule has 5 heteroatoms. The fraction of sp³-hybridized carbons (Fsp3) is 0.188. The first-order chi connectivity index (χ1) is 17.9. The molecule has 1 aromatic heterocycles. The molecule has 0 saturated heterocycles. The van der Waals surface area contributed by atoms with Gasteiger partial charge in [0.2, 0.25) is 11.4 Å². The molecule has 0 amide bonds. The number of hydrogen-bond acceptors (Lipinski definition) is 3. The van der Waals surface area contributed by atoms with Crippen LogP contribution in [-0.2, 0) is 7.05 Å². The van der Waals surface area contributed by atoms with E-state index in [1.54, 1.807) is 0 Å². The molecule has 4 nitrogen and oxygen atoms in total. The summed E-state index contributed by atoms with van der Waals surface area (Å²) in [6.45, 7) is 0.691. The fourth-order valence-corrected chi connectivity index (χ4v) is 4.23. The van der Waals surface area contributed by atoms with Gasteiger partial charge in [0.05, 0.1) is 12.5 Å². The first-order valence-corrected chi connectivity index (χ1v) is 12.3. The highest BCUT2D eigenvalue weighted by molar-refractivity contribution is 5.75. The van der Waals surface area contributed by atoms with Gasteiger partial charge in [0.15, 0.2) is 0 Å². The lowest BCUT2D eigenvalue weighted by molar-refractivity contribution is -0.662. The quantitative estimate of drug-likeness (QED) is 0.262. The van der Waals surface area contributed by atoms with Gasteiger partial charge in [0.1, 0.15) is 12.9 Å². The van der Waals surface area contributed by atoms with Crippen LogP contribution in [0.2, 0.25) is 0 Å². The maximum Gasteiger partial charge on any atom is 0.213 e. The maximum atomic E-state index is 13.7. The van der Waals surface area contributed by atoms with Crippen LogP contribution in [0.1, 0.15) is 17.7 Å². The van der Waals surface area contributed by atoms with Crippen molar-refractivity contribution < 1.29 is 8.96 Å². The lowest BCUT2D eigenvalue weighted by Gasteiger charge is -2.18. The molecule has 0 saturated carbocycles. The number of nitrogens with zero attached hydrogens (tertiary/aromatic N) is 4. The molecule has 4 aromatic rings. The van der Waals surface area contributed by atoms with Crippen molar-refractivity contribution in [2.45, 2.75) is 6.42 Å². The number of hydrogen-bond donors (Lipinski definition) is 0. The van der Waals surface area contributed by atoms with Gasteiger partial charge in [-0.15, -0.1) is 0 Å². The Morgan fingerprint density at radius 3 is 2.03 bits per heavy atom. The minimum absolute atomic E-state index is 0.250. The highest BCUT2D eigenvalue weighted by Gasteiger charge is 2.17. The third-order valence-corrected chi connectivity index (χ3v) is 6.54. The predicted octanol–water partition coefficient (Wildman–Crippen LogP) is 6.57. The lowest BCUT2D eigenvalue weighted by atomic mass is 10.0. The average molecular weight is 492 g/mol. The van der Waals surface area contributed by atoms with Crippen molar-refractivity contribution in [2.75, 3.05) is 37.5 Å². The highest BCUT2D eigenvalue weighted by Crippen LogP contribution is 2.28. The number of anilines is 2. The Labute approximate surface area is 219 Å². The molecule has 0 aliphatic heterocycles. The number of benzene rings is 3. The molecule has 0 atom stereocenters. The first kappa shape index (κ1) is 25.7. The van der Waals surface area contributed by atoms with Crippen LogP contribution in [0.4, 0.5) is 15.8 Å². The molecule has 0 unspecified atom stereocenters. The minimum atomic E-state index is -0.250. The molecule has 3 aromatic carbocycles. The molecule has 37 heavy (non-hydrogen) atoms. The maximum absolute atomic E-state index is 13.7. The molecule has 4 rings (SSSR count). The van der Waals surface area contributed by atoms with Crippen molar-refractivity contribution in [3.63, 3.8) is 0 Å². The van der Waals surface area contributed by atoms with Crippen molar-refractivity contribution in [1.29, 1.82) is 5.26 Å². The second-order valence-corrected chi connectivity index (χ2v) is 9.32. The summed E-state index contributed by atoms with van der Waals surface area (Å²) in [5.74, 6) is -0.250. The molecule has 0 fully saturated rings. The van der Waals surface area contributed by atoms with Crippen LogP contribution in [0, 0.1) is 17.1 Å². The smallest absolute Gasteiger partial charge is 0.213 e. The summed E-state index contributed by atoms with van der Waals surface area (Å²) < 4.78 is 15.8. The minimum Gasteiger partial charge on any atom is -0.378 e. The zero-order valence-electron chi connectivity index (χ0n) is 21.8. The molecular weight excluding hydrogens is 459 g/mol. The number of nitriles is 1. The fourth-order valence-electron chi connectivity index (χ4n) is 4.23. The van der Waals surface area contributed by atoms with E-state index in [9.17, 15) is 4.39 Å². The highest BCUT2D eigenvalue weighted by atomic mass is 19.1. The molecule has 0 radical (unpaired) electrons. The van der Waals surface area contributed by atoms with Gasteiger partial charge in [-0.1, -0.05) is 24.3 Å². The topological polar surface area (TPSA) is 34.1 Å². The normalized spacial score (nSPS) is 10.9. The van der Waals surface area contributed by atoms with E-state index in [0.717, 1.165) is 45.0 Å². The Morgan fingerprint density at radius 1 is 0.784 bits per heavy atom. The van der Waals surface area contributed by atoms with E-state index in [4.69, 9.17) is 5.26 Å². The third kappa shape index (κ3) is 6.23. The van der Waals surface area contributed by atoms with Gasteiger partial charge < -0.3 is 9.80 Å². The van der Waals surface area contributed by atoms with Crippen LogP contribution in [0.3, 0.4) is 0 Å². The van der Waals surface area contributed by atoms with Crippen LogP contribution in [0.15, 0.2) is 84.9 Å². The third-order valence-electron chi connectivity index (χ3n) is 6.54. The summed E-state index contributed by atoms with van der Waals surface area (Å²) in [5.41, 5.74) is 8.48. The Balaban J connectivity index is 1.73. The molecule has 0 aliphatic carbocycles. The van der Waals surface area contributed by atoms with E-state index in [0.29, 0.717) is 13.0 Å². The van der Waals surface area contributed by atoms with Crippen LogP contribution in [0.25, 0.3) is 34.5 Å². The van der Waals surface area contributed by atoms with Crippen LogP contribution < -0.4 is 14.4 Å². The molecule has 0 spiro atoms. The lowest BCUT2D eigenvalue weighted by Crippen LogP contribution is -2.34. The van der Waals surface area contributed by atoms with Crippen molar-refractivity contribution in [1.82, 2.24) is 0 Å². The summed E-state index contributed by atoms with van der Waals surface area (Å²) >= 11 is 0. The van der Waals surface area contributed by atoms with Crippen LogP contribution in [-0.4, -0.2) is 27.7 Å². The Morgan fingerprint density at radius 2 is 1.41 bits per heavy atom. The van der Waals surface area contributed by atoms with E-state index in [1.165, 1.54) is 12.1 Å². The van der Waals surface area contributed by atoms with E-state index in [-0.39, 0.29) is 5.82 Å². The standard InChI is InChI=1S/C32H32FN4/c1-35(2)29-15-6-24(7-16-29)8-17-31-22-27(23-32(37(31)4)26-9-13-28(33)14-10-26)25-11-18-30(19-12-25)36(3)21-5-20-34/h6-19,22-23H,5,21H2,1-4H3/q+1. The summed E-state index contributed by atoms with van der Waals surface area (Å²) in [5, 5.41) is 8.88. The zero-order valence-corrected chi connectivity index (χ0v) is 21.8. The van der Waals surface area contributed by atoms with E-state index in [1.807, 2.05) is 40.3 Å². The van der Waals surface area contributed by atoms with Gasteiger partial charge in [0, 0.05) is 62.8 Å². The molecule has 186 valence electrons. The molecule has 0 N–H and O–H groups in total. The van der Waals surface area contributed by atoms with Gasteiger partial charge in [-0.25, -0.2) is 4.39 Å². The number of rotatable bonds is 8. The number of aromatic nitrogens is 1. The van der Waals surface area contributed by atoms with Crippen molar-refractivity contribution >= 4 is 23.5 Å². The van der Waals surface area contributed by atoms with Gasteiger partial charge in [0.25, 0.3) is 0 Å². The molecule has 1 heterocycles. The Kier molecular flexibility index (Phi) is 8.00. The summed E-state index contributed by atoms with van der Waals surface area (Å²) in [4.78, 5) is 4.16. The Hall–Kier alpha value is -4.43. The van der Waals surface area contributed by atoms with E-state index >= 15 is 0 Å². The van der Waals surface area contributed by atoms with Crippen molar-refractivity contribution in [3.8, 4) is 28.5 Å². The molecule has 0 bridgehead atoms. The SMILES string of the molecule is CN(C)c1ccc(C=Cc2cc(-c3ccc(N(C)CCC#N)cc3)cc(-c3ccc(F)cc3)[n+]2C)cc1. The molecular formula is C32H32FN4+. The average Bonchev–Trinajstić information content (AvgIpc) is 2.92. The largest absolute Gasteiger partial charge is 0.378 e.